The quantitative estimate of drug-likeness (QED) is 0.196. The topological polar surface area (TPSA) is 83.8 Å². The van der Waals surface area contributed by atoms with Gasteiger partial charge in [0.05, 0.1) is 33.7 Å². The van der Waals surface area contributed by atoms with Crippen LogP contribution in [0.1, 0.15) is 58.3 Å². The molecule has 0 saturated carbocycles. The number of aliphatic hydroxyl groups is 1. The highest BCUT2D eigenvalue weighted by atomic mass is 16.5. The molecule has 0 spiro atoms. The molecule has 0 aromatic heterocycles. The zero-order chi connectivity index (χ0) is 20.7. The van der Waals surface area contributed by atoms with E-state index in [-0.39, 0.29) is 24.9 Å². The molecule has 2 unspecified atom stereocenters. The van der Waals surface area contributed by atoms with Crippen LogP contribution >= 0.6 is 0 Å². The lowest BCUT2D eigenvalue weighted by Gasteiger charge is -2.28. The van der Waals surface area contributed by atoms with Gasteiger partial charge < -0.3 is 19.4 Å². The van der Waals surface area contributed by atoms with Gasteiger partial charge in [0.2, 0.25) is 0 Å². The van der Waals surface area contributed by atoms with E-state index in [1.165, 1.54) is 0 Å². The molecule has 27 heavy (non-hydrogen) atoms. The number of carbonyl (C=O) groups is 2. The van der Waals surface area contributed by atoms with E-state index in [2.05, 4.69) is 13.0 Å². The van der Waals surface area contributed by atoms with Crippen molar-refractivity contribution in [3.8, 4) is 0 Å². The summed E-state index contributed by atoms with van der Waals surface area (Å²) >= 11 is 0. The summed E-state index contributed by atoms with van der Waals surface area (Å²) in [6.45, 7) is 2.54. The van der Waals surface area contributed by atoms with E-state index in [9.17, 15) is 14.7 Å². The van der Waals surface area contributed by atoms with Crippen LogP contribution in [0.3, 0.4) is 0 Å². The zero-order valence-electron chi connectivity index (χ0n) is 17.4. The average molecular weight is 385 g/mol. The van der Waals surface area contributed by atoms with Crippen LogP contribution in [-0.2, 0) is 14.3 Å². The predicted molar refractivity (Wildman–Crippen MR) is 107 cm³/mol. The number of carboxylic acid groups (broad SMARTS) is 1. The minimum absolute atomic E-state index is 0.172. The number of carboxylic acids is 1. The fourth-order valence-electron chi connectivity index (χ4n) is 2.67. The molecule has 0 bridgehead atoms. The molecule has 0 aliphatic heterocycles. The van der Waals surface area contributed by atoms with Gasteiger partial charge in [0, 0.05) is 6.42 Å². The van der Waals surface area contributed by atoms with Crippen molar-refractivity contribution in [3.63, 3.8) is 0 Å². The molecule has 2 N–H and O–H groups in total. The molecule has 0 aliphatic carbocycles. The highest BCUT2D eigenvalue weighted by Crippen LogP contribution is 2.11. The number of hydrogen-bond donors (Lipinski definition) is 2. The maximum absolute atomic E-state index is 12.0. The Morgan fingerprint density at radius 3 is 2.33 bits per heavy atom. The first-order chi connectivity index (χ1) is 12.6. The van der Waals surface area contributed by atoms with Gasteiger partial charge in [-0.15, -0.1) is 0 Å². The standard InChI is InChI=1S/C21H37NO5/c1-5-6-7-8-10-13-18(23)14-11-9-12-15-21(26)27-19(16-20(24)25)17-22(2,3)4/h6-8,10,18-19,23H,5,9,11-17H2,1-4H3/p+1/b7-6+,10-8+. The minimum Gasteiger partial charge on any atom is -0.481 e. The van der Waals surface area contributed by atoms with Gasteiger partial charge in [-0.1, -0.05) is 44.1 Å². The summed E-state index contributed by atoms with van der Waals surface area (Å²) in [4.78, 5) is 22.9. The normalized spacial score (nSPS) is 14.6. The Hall–Kier alpha value is -1.66. The Bertz CT molecular complexity index is 479. The Morgan fingerprint density at radius 2 is 1.74 bits per heavy atom. The maximum atomic E-state index is 12.0. The molecule has 0 aromatic carbocycles. The molecule has 2 atom stereocenters. The second-order valence-corrected chi connectivity index (χ2v) is 7.94. The van der Waals surface area contributed by atoms with Crippen LogP contribution in [0, 0.1) is 0 Å². The summed E-state index contributed by atoms with van der Waals surface area (Å²) in [7, 11) is 5.80. The van der Waals surface area contributed by atoms with Crippen molar-refractivity contribution in [1.29, 1.82) is 0 Å². The molecule has 0 fully saturated rings. The number of rotatable bonds is 15. The number of likely N-dealkylation sites (N-methyl/N-ethyl adjacent to an activating group) is 1. The van der Waals surface area contributed by atoms with Gasteiger partial charge in [-0.05, 0) is 25.7 Å². The number of quaternary nitrogens is 1. The molecular weight excluding hydrogens is 346 g/mol. The molecule has 0 radical (unpaired) electrons. The van der Waals surface area contributed by atoms with Crippen molar-refractivity contribution in [2.45, 2.75) is 70.5 Å². The summed E-state index contributed by atoms with van der Waals surface area (Å²) in [5, 5.41) is 18.9. The molecule has 0 rings (SSSR count). The number of aliphatic hydroxyl groups excluding tert-OH is 1. The summed E-state index contributed by atoms with van der Waals surface area (Å²) in [6.07, 6.45) is 11.8. The minimum atomic E-state index is -0.963. The summed E-state index contributed by atoms with van der Waals surface area (Å²) in [6, 6.07) is 0. The number of nitrogens with zero attached hydrogens (tertiary/aromatic N) is 1. The van der Waals surface area contributed by atoms with Crippen molar-refractivity contribution in [3.05, 3.63) is 24.3 Å². The van der Waals surface area contributed by atoms with Crippen LogP contribution in [0.2, 0.25) is 0 Å². The van der Waals surface area contributed by atoms with E-state index in [1.54, 1.807) is 0 Å². The van der Waals surface area contributed by atoms with E-state index < -0.39 is 12.1 Å². The molecule has 0 amide bonds. The Balaban J connectivity index is 3.98. The Kier molecular flexibility index (Phi) is 13.5. The highest BCUT2D eigenvalue weighted by Gasteiger charge is 2.24. The largest absolute Gasteiger partial charge is 0.481 e. The number of carbonyl (C=O) groups excluding carboxylic acids is 1. The average Bonchev–Trinajstić information content (AvgIpc) is 2.52. The van der Waals surface area contributed by atoms with Crippen molar-refractivity contribution < 1.29 is 29.0 Å². The van der Waals surface area contributed by atoms with Crippen molar-refractivity contribution in [2.24, 2.45) is 0 Å². The van der Waals surface area contributed by atoms with Gasteiger partial charge in [0.15, 0.2) is 6.10 Å². The number of hydrogen-bond acceptors (Lipinski definition) is 4. The number of aliphatic carboxylic acids is 1. The summed E-state index contributed by atoms with van der Waals surface area (Å²) in [5.41, 5.74) is 0. The Labute approximate surface area is 164 Å². The summed E-state index contributed by atoms with van der Waals surface area (Å²) < 4.78 is 5.88. The number of unbranched alkanes of at least 4 members (excludes halogenated alkanes) is 2. The maximum Gasteiger partial charge on any atom is 0.307 e. The lowest BCUT2D eigenvalue weighted by Crippen LogP contribution is -2.43. The lowest BCUT2D eigenvalue weighted by atomic mass is 10.1. The number of esters is 1. The van der Waals surface area contributed by atoms with Crippen molar-refractivity contribution in [1.82, 2.24) is 0 Å². The molecule has 6 nitrogen and oxygen atoms in total. The first-order valence-corrected chi connectivity index (χ1v) is 9.85. The third-order valence-electron chi connectivity index (χ3n) is 3.90. The molecule has 0 saturated heterocycles. The fourth-order valence-corrected chi connectivity index (χ4v) is 2.67. The number of ether oxygens (including phenoxy) is 1. The van der Waals surface area contributed by atoms with Gasteiger partial charge in [0.25, 0.3) is 0 Å². The van der Waals surface area contributed by atoms with Crippen molar-refractivity contribution in [2.75, 3.05) is 27.7 Å². The van der Waals surface area contributed by atoms with Crippen LogP contribution in [-0.4, -0.2) is 66.5 Å². The summed E-state index contributed by atoms with van der Waals surface area (Å²) in [5.74, 6) is -1.31. The van der Waals surface area contributed by atoms with Crippen molar-refractivity contribution >= 4 is 11.9 Å². The van der Waals surface area contributed by atoms with Gasteiger partial charge in [-0.25, -0.2) is 0 Å². The third-order valence-corrected chi connectivity index (χ3v) is 3.90. The number of allylic oxidation sites excluding steroid dienone is 3. The molecule has 0 heterocycles. The van der Waals surface area contributed by atoms with Crippen LogP contribution in [0.4, 0.5) is 0 Å². The van der Waals surface area contributed by atoms with E-state index >= 15 is 0 Å². The van der Waals surface area contributed by atoms with E-state index in [4.69, 9.17) is 9.84 Å². The van der Waals surface area contributed by atoms with E-state index in [1.807, 2.05) is 39.4 Å². The molecular formula is C21H38NO5+. The molecule has 156 valence electrons. The molecule has 6 heteroatoms. The van der Waals surface area contributed by atoms with Gasteiger partial charge in [-0.3, -0.25) is 9.59 Å². The molecule has 0 aromatic rings. The SMILES string of the molecule is CC/C=C/C=C/CC(O)CCCCCC(=O)OC(CC(=O)O)C[N+](C)(C)C. The zero-order valence-corrected chi connectivity index (χ0v) is 17.4. The first-order valence-electron chi connectivity index (χ1n) is 9.85. The van der Waals surface area contributed by atoms with Gasteiger partial charge in [0.1, 0.15) is 6.54 Å². The smallest absolute Gasteiger partial charge is 0.307 e. The van der Waals surface area contributed by atoms with Crippen LogP contribution in [0.5, 0.6) is 0 Å². The highest BCUT2D eigenvalue weighted by molar-refractivity contribution is 5.71. The van der Waals surface area contributed by atoms with E-state index in [0.717, 1.165) is 19.3 Å². The van der Waals surface area contributed by atoms with Crippen LogP contribution in [0.25, 0.3) is 0 Å². The van der Waals surface area contributed by atoms with Gasteiger partial charge in [-0.2, -0.15) is 0 Å². The van der Waals surface area contributed by atoms with Gasteiger partial charge >= 0.3 is 11.9 Å². The molecule has 0 aliphatic rings. The third kappa shape index (κ3) is 17.5. The van der Waals surface area contributed by atoms with Crippen LogP contribution in [0.15, 0.2) is 24.3 Å². The second-order valence-electron chi connectivity index (χ2n) is 7.94. The Morgan fingerprint density at radius 1 is 1.07 bits per heavy atom. The fraction of sp³-hybridized carbons (Fsp3) is 0.714. The van der Waals surface area contributed by atoms with E-state index in [0.29, 0.717) is 30.3 Å². The first kappa shape index (κ1) is 25.3. The lowest BCUT2D eigenvalue weighted by molar-refractivity contribution is -0.873. The van der Waals surface area contributed by atoms with Crippen LogP contribution < -0.4 is 0 Å². The second kappa shape index (κ2) is 14.4. The predicted octanol–water partition coefficient (Wildman–Crippen LogP) is 3.30. The monoisotopic (exact) mass is 384 g/mol.